The van der Waals surface area contributed by atoms with Crippen LogP contribution >= 0.6 is 23.2 Å². The lowest BCUT2D eigenvalue weighted by molar-refractivity contribution is -0.125. The molecule has 1 aromatic rings. The first-order valence-corrected chi connectivity index (χ1v) is 6.35. The molecule has 0 heterocycles. The van der Waals surface area contributed by atoms with Crippen LogP contribution in [0.4, 0.5) is 5.69 Å². The second kappa shape index (κ2) is 5.91. The predicted octanol–water partition coefficient (Wildman–Crippen LogP) is 4.06. The van der Waals surface area contributed by atoms with Gasteiger partial charge in [-0.3, -0.25) is 4.79 Å². The molecule has 0 fully saturated rings. The molecule has 0 radical (unpaired) electrons. The van der Waals surface area contributed by atoms with Gasteiger partial charge in [-0.2, -0.15) is 0 Å². The van der Waals surface area contributed by atoms with Gasteiger partial charge in [0.25, 0.3) is 0 Å². The van der Waals surface area contributed by atoms with Crippen LogP contribution in [0.15, 0.2) is 12.1 Å². The second-order valence-electron chi connectivity index (χ2n) is 5.00. The first-order chi connectivity index (χ1) is 8.20. The minimum Gasteiger partial charge on any atom is -0.366 e. The number of rotatable bonds is 3. The van der Waals surface area contributed by atoms with Gasteiger partial charge in [-0.05, 0) is 39.3 Å². The van der Waals surface area contributed by atoms with Crippen molar-refractivity contribution in [3.8, 4) is 0 Å². The third kappa shape index (κ3) is 4.48. The maximum atomic E-state index is 11.7. The summed E-state index contributed by atoms with van der Waals surface area (Å²) in [6.07, 6.45) is 0. The summed E-state index contributed by atoms with van der Waals surface area (Å²) in [4.78, 5) is 11.7. The monoisotopic (exact) mass is 289 g/mol. The fourth-order valence-electron chi connectivity index (χ4n) is 1.23. The molecular weight excluding hydrogens is 273 g/mol. The Hall–Kier alpha value is -0.770. The fourth-order valence-corrected chi connectivity index (χ4v) is 1.69. The Bertz CT molecular complexity index is 453. The molecule has 100 valence electrons. The molecule has 1 aromatic carbocycles. The molecule has 18 heavy (non-hydrogen) atoms. The smallest absolute Gasteiger partial charge is 0.250 e. The zero-order valence-electron chi connectivity index (χ0n) is 10.9. The Morgan fingerprint density at radius 2 is 1.94 bits per heavy atom. The summed E-state index contributed by atoms with van der Waals surface area (Å²) >= 11 is 12.1. The minimum absolute atomic E-state index is 0.0376. The number of anilines is 1. The number of halogens is 2. The van der Waals surface area contributed by atoms with Crippen LogP contribution in [0.3, 0.4) is 0 Å². The molecule has 0 aliphatic carbocycles. The number of hydrogen-bond donors (Lipinski definition) is 1. The molecule has 1 rings (SSSR count). The van der Waals surface area contributed by atoms with Crippen LogP contribution < -0.4 is 5.32 Å². The summed E-state index contributed by atoms with van der Waals surface area (Å²) in [5, 5.41) is 3.53. The van der Waals surface area contributed by atoms with E-state index in [0.717, 1.165) is 5.56 Å². The Morgan fingerprint density at radius 3 is 2.50 bits per heavy atom. The maximum Gasteiger partial charge on any atom is 0.250 e. The van der Waals surface area contributed by atoms with Crippen LogP contribution in [-0.2, 0) is 9.53 Å². The van der Waals surface area contributed by atoms with Crippen molar-refractivity contribution >= 4 is 34.8 Å². The SMILES string of the molecule is Cc1ccc(Cl)c(NC(=O)COC(C)(C)C)c1Cl. The number of aryl methyl sites for hydroxylation is 1. The lowest BCUT2D eigenvalue weighted by Crippen LogP contribution is -2.27. The zero-order valence-corrected chi connectivity index (χ0v) is 12.4. The van der Waals surface area contributed by atoms with E-state index in [1.165, 1.54) is 0 Å². The van der Waals surface area contributed by atoms with Crippen molar-refractivity contribution in [2.75, 3.05) is 11.9 Å². The third-order valence-electron chi connectivity index (χ3n) is 2.18. The lowest BCUT2D eigenvalue weighted by Gasteiger charge is -2.19. The molecule has 5 heteroatoms. The number of ether oxygens (including phenoxy) is 1. The number of carbonyl (C=O) groups excluding carboxylic acids is 1. The van der Waals surface area contributed by atoms with Crippen LogP contribution in [0, 0.1) is 6.92 Å². The molecule has 0 saturated heterocycles. The van der Waals surface area contributed by atoms with Crippen molar-refractivity contribution in [2.24, 2.45) is 0 Å². The van der Waals surface area contributed by atoms with E-state index in [0.29, 0.717) is 15.7 Å². The van der Waals surface area contributed by atoms with Gasteiger partial charge < -0.3 is 10.1 Å². The highest BCUT2D eigenvalue weighted by Crippen LogP contribution is 2.32. The molecule has 0 spiro atoms. The molecule has 0 aliphatic rings. The highest BCUT2D eigenvalue weighted by atomic mass is 35.5. The van der Waals surface area contributed by atoms with Gasteiger partial charge in [0.15, 0.2) is 0 Å². The molecule has 0 bridgehead atoms. The molecule has 3 nitrogen and oxygen atoms in total. The van der Waals surface area contributed by atoms with E-state index in [-0.39, 0.29) is 18.1 Å². The van der Waals surface area contributed by atoms with Gasteiger partial charge in [0.1, 0.15) is 6.61 Å². The maximum absolute atomic E-state index is 11.7. The first-order valence-electron chi connectivity index (χ1n) is 5.59. The summed E-state index contributed by atoms with van der Waals surface area (Å²) in [7, 11) is 0. The highest BCUT2D eigenvalue weighted by Gasteiger charge is 2.15. The molecule has 1 N–H and O–H groups in total. The highest BCUT2D eigenvalue weighted by molar-refractivity contribution is 6.40. The van der Waals surface area contributed by atoms with Gasteiger partial charge in [-0.15, -0.1) is 0 Å². The molecule has 0 unspecified atom stereocenters. The summed E-state index contributed by atoms with van der Waals surface area (Å²) in [6.45, 7) is 7.46. The molecule has 1 amide bonds. The number of benzene rings is 1. The van der Waals surface area contributed by atoms with Gasteiger partial charge in [0.2, 0.25) is 5.91 Å². The van der Waals surface area contributed by atoms with Crippen LogP contribution in [0.5, 0.6) is 0 Å². The second-order valence-corrected chi connectivity index (χ2v) is 5.79. The molecule has 0 aliphatic heterocycles. The average molecular weight is 290 g/mol. The Labute approximate surface area is 117 Å². The number of amides is 1. The lowest BCUT2D eigenvalue weighted by atomic mass is 10.2. The Kier molecular flexibility index (Phi) is 5.02. The summed E-state index contributed by atoms with van der Waals surface area (Å²) in [6, 6.07) is 3.50. The van der Waals surface area contributed by atoms with Gasteiger partial charge >= 0.3 is 0 Å². The molecular formula is C13H17Cl2NO2. The fraction of sp³-hybridized carbons (Fsp3) is 0.462. The van der Waals surface area contributed by atoms with E-state index in [1.54, 1.807) is 12.1 Å². The van der Waals surface area contributed by atoms with E-state index in [2.05, 4.69) is 5.32 Å². The van der Waals surface area contributed by atoms with Crippen molar-refractivity contribution in [1.82, 2.24) is 0 Å². The van der Waals surface area contributed by atoms with Crippen LogP contribution in [0.1, 0.15) is 26.3 Å². The number of hydrogen-bond acceptors (Lipinski definition) is 2. The topological polar surface area (TPSA) is 38.3 Å². The third-order valence-corrected chi connectivity index (χ3v) is 2.99. The average Bonchev–Trinajstić information content (AvgIpc) is 2.26. The normalized spacial score (nSPS) is 11.4. The quantitative estimate of drug-likeness (QED) is 0.911. The summed E-state index contributed by atoms with van der Waals surface area (Å²) in [5.41, 5.74) is 0.923. The first kappa shape index (κ1) is 15.3. The Balaban J connectivity index is 2.74. The summed E-state index contributed by atoms with van der Waals surface area (Å²) in [5.74, 6) is -0.278. The van der Waals surface area contributed by atoms with E-state index >= 15 is 0 Å². The van der Waals surface area contributed by atoms with Crippen molar-refractivity contribution in [1.29, 1.82) is 0 Å². The van der Waals surface area contributed by atoms with Gasteiger partial charge in [-0.25, -0.2) is 0 Å². The van der Waals surface area contributed by atoms with Crippen LogP contribution in [0.25, 0.3) is 0 Å². The number of nitrogens with one attached hydrogen (secondary N) is 1. The zero-order chi connectivity index (χ0) is 13.9. The van der Waals surface area contributed by atoms with Crippen LogP contribution in [0.2, 0.25) is 10.0 Å². The van der Waals surface area contributed by atoms with Crippen molar-refractivity contribution in [3.63, 3.8) is 0 Å². The molecule has 0 aromatic heterocycles. The van der Waals surface area contributed by atoms with Crippen molar-refractivity contribution in [2.45, 2.75) is 33.3 Å². The van der Waals surface area contributed by atoms with E-state index < -0.39 is 0 Å². The van der Waals surface area contributed by atoms with E-state index in [1.807, 2.05) is 27.7 Å². The van der Waals surface area contributed by atoms with Crippen LogP contribution in [-0.4, -0.2) is 18.1 Å². The largest absolute Gasteiger partial charge is 0.366 e. The van der Waals surface area contributed by atoms with Crippen molar-refractivity contribution in [3.05, 3.63) is 27.7 Å². The minimum atomic E-state index is -0.364. The van der Waals surface area contributed by atoms with Gasteiger partial charge in [0, 0.05) is 0 Å². The van der Waals surface area contributed by atoms with Crippen molar-refractivity contribution < 1.29 is 9.53 Å². The molecule has 0 saturated carbocycles. The predicted molar refractivity (Wildman–Crippen MR) is 75.5 cm³/mol. The van der Waals surface area contributed by atoms with E-state index in [9.17, 15) is 4.79 Å². The van der Waals surface area contributed by atoms with E-state index in [4.69, 9.17) is 27.9 Å². The number of carbonyl (C=O) groups is 1. The summed E-state index contributed by atoms with van der Waals surface area (Å²) < 4.78 is 5.38. The van der Waals surface area contributed by atoms with Gasteiger partial charge in [0.05, 0.1) is 21.3 Å². The molecule has 0 atom stereocenters. The standard InChI is InChI=1S/C13H17Cl2NO2/c1-8-5-6-9(14)12(11(8)15)16-10(17)7-18-13(2,3)4/h5-6H,7H2,1-4H3,(H,16,17). The Morgan fingerprint density at radius 1 is 1.33 bits per heavy atom. The van der Waals surface area contributed by atoms with Gasteiger partial charge in [-0.1, -0.05) is 29.3 Å².